The Balaban J connectivity index is 2.45. The molecule has 0 atom stereocenters. The van der Waals surface area contributed by atoms with Crippen LogP contribution in [0, 0.1) is 0 Å². The molecule has 0 spiro atoms. The molecule has 0 radical (unpaired) electrons. The monoisotopic (exact) mass is 284 g/mol. The summed E-state index contributed by atoms with van der Waals surface area (Å²) in [6, 6.07) is 6.54. The number of hydrogen-bond acceptors (Lipinski definition) is 3. The summed E-state index contributed by atoms with van der Waals surface area (Å²) < 4.78 is 6.37. The molecule has 0 amide bonds. The van der Waals surface area contributed by atoms with Crippen LogP contribution in [-0.2, 0) is 4.74 Å². The van der Waals surface area contributed by atoms with Crippen LogP contribution in [0.2, 0.25) is 10.0 Å². The van der Waals surface area contributed by atoms with E-state index in [4.69, 9.17) is 27.9 Å². The zero-order valence-corrected chi connectivity index (χ0v) is 11.1. The fourth-order valence-electron chi connectivity index (χ4n) is 1.51. The van der Waals surface area contributed by atoms with Crippen molar-refractivity contribution in [2.24, 2.45) is 0 Å². The number of benzene rings is 1. The molecule has 6 heteroatoms. The molecular weight excluding hydrogens is 275 g/mol. The Morgan fingerprint density at radius 1 is 1.39 bits per heavy atom. The number of nitrogens with zero attached hydrogens (tertiary/aromatic N) is 2. The average molecular weight is 285 g/mol. The second-order valence-electron chi connectivity index (χ2n) is 3.44. The summed E-state index contributed by atoms with van der Waals surface area (Å²) in [5, 5.41) is 5.00. The van der Waals surface area contributed by atoms with Crippen molar-refractivity contribution in [3.63, 3.8) is 0 Å². The summed E-state index contributed by atoms with van der Waals surface area (Å²) in [4.78, 5) is 11.7. The lowest BCUT2D eigenvalue weighted by atomic mass is 10.3. The van der Waals surface area contributed by atoms with Gasteiger partial charge in [-0.3, -0.25) is 0 Å². The number of aromatic nitrogens is 2. The molecule has 2 rings (SSSR count). The van der Waals surface area contributed by atoms with Crippen LogP contribution in [0.3, 0.4) is 0 Å². The van der Waals surface area contributed by atoms with E-state index in [2.05, 4.69) is 5.10 Å². The van der Waals surface area contributed by atoms with Crippen LogP contribution in [0.15, 0.2) is 30.5 Å². The Kier molecular flexibility index (Phi) is 3.89. The van der Waals surface area contributed by atoms with E-state index in [9.17, 15) is 4.79 Å². The second kappa shape index (κ2) is 5.42. The van der Waals surface area contributed by atoms with Crippen molar-refractivity contribution in [2.45, 2.75) is 6.92 Å². The van der Waals surface area contributed by atoms with Crippen molar-refractivity contribution in [3.8, 4) is 5.69 Å². The van der Waals surface area contributed by atoms with Crippen molar-refractivity contribution < 1.29 is 9.53 Å². The number of rotatable bonds is 3. The molecule has 0 aliphatic carbocycles. The zero-order valence-electron chi connectivity index (χ0n) is 9.56. The first kappa shape index (κ1) is 12.9. The molecule has 1 heterocycles. The summed E-state index contributed by atoms with van der Waals surface area (Å²) in [5.41, 5.74) is 0.898. The van der Waals surface area contributed by atoms with Crippen molar-refractivity contribution in [3.05, 3.63) is 46.2 Å². The van der Waals surface area contributed by atoms with Crippen LogP contribution < -0.4 is 0 Å². The first-order chi connectivity index (χ1) is 8.63. The van der Waals surface area contributed by atoms with E-state index < -0.39 is 5.97 Å². The maximum atomic E-state index is 11.7. The Bertz CT molecular complexity index is 581. The molecule has 1 aromatic carbocycles. The van der Waals surface area contributed by atoms with Gasteiger partial charge >= 0.3 is 5.97 Å². The van der Waals surface area contributed by atoms with Crippen molar-refractivity contribution in [2.75, 3.05) is 6.61 Å². The standard InChI is InChI=1S/C12H10Cl2N2O2/c1-2-18-12(17)11-5-6-15-16(11)10-4-3-8(13)7-9(10)14/h3-7H,2H2,1H3. The van der Waals surface area contributed by atoms with Gasteiger partial charge in [-0.25, -0.2) is 9.48 Å². The molecule has 0 unspecified atom stereocenters. The molecule has 0 saturated heterocycles. The van der Waals surface area contributed by atoms with Crippen LogP contribution in [-0.4, -0.2) is 22.4 Å². The van der Waals surface area contributed by atoms with Gasteiger partial charge in [-0.2, -0.15) is 5.10 Å². The number of esters is 1. The zero-order chi connectivity index (χ0) is 13.1. The first-order valence-corrected chi connectivity index (χ1v) is 6.05. The van der Waals surface area contributed by atoms with Gasteiger partial charge in [0.15, 0.2) is 5.69 Å². The van der Waals surface area contributed by atoms with E-state index in [-0.39, 0.29) is 0 Å². The third-order valence-electron chi connectivity index (χ3n) is 2.27. The van der Waals surface area contributed by atoms with Crippen LogP contribution in [0.1, 0.15) is 17.4 Å². The van der Waals surface area contributed by atoms with Crippen molar-refractivity contribution in [1.29, 1.82) is 0 Å². The highest BCUT2D eigenvalue weighted by atomic mass is 35.5. The predicted molar refractivity (Wildman–Crippen MR) is 69.5 cm³/mol. The van der Waals surface area contributed by atoms with E-state index in [0.717, 1.165) is 0 Å². The lowest BCUT2D eigenvalue weighted by molar-refractivity contribution is 0.0516. The SMILES string of the molecule is CCOC(=O)c1ccnn1-c1ccc(Cl)cc1Cl. The van der Waals surface area contributed by atoms with E-state index >= 15 is 0 Å². The highest BCUT2D eigenvalue weighted by molar-refractivity contribution is 6.35. The van der Waals surface area contributed by atoms with Gasteiger partial charge in [0.25, 0.3) is 0 Å². The van der Waals surface area contributed by atoms with Gasteiger partial charge in [-0.15, -0.1) is 0 Å². The predicted octanol–water partition coefficient (Wildman–Crippen LogP) is 3.36. The summed E-state index contributed by atoms with van der Waals surface area (Å²) in [6.07, 6.45) is 1.51. The Hall–Kier alpha value is -1.52. The van der Waals surface area contributed by atoms with Gasteiger partial charge in [0.1, 0.15) is 0 Å². The summed E-state index contributed by atoms with van der Waals surface area (Å²) in [7, 11) is 0. The molecule has 18 heavy (non-hydrogen) atoms. The van der Waals surface area contributed by atoms with Gasteiger partial charge in [0, 0.05) is 5.02 Å². The fraction of sp³-hybridized carbons (Fsp3) is 0.167. The van der Waals surface area contributed by atoms with Crippen LogP contribution in [0.25, 0.3) is 5.69 Å². The highest BCUT2D eigenvalue weighted by Gasteiger charge is 2.16. The summed E-state index contributed by atoms with van der Waals surface area (Å²) in [6.45, 7) is 2.05. The van der Waals surface area contributed by atoms with Crippen molar-refractivity contribution in [1.82, 2.24) is 9.78 Å². The van der Waals surface area contributed by atoms with Gasteiger partial charge in [0.05, 0.1) is 23.5 Å². The topological polar surface area (TPSA) is 44.1 Å². The average Bonchev–Trinajstić information content (AvgIpc) is 2.78. The second-order valence-corrected chi connectivity index (χ2v) is 4.29. The Morgan fingerprint density at radius 3 is 2.83 bits per heavy atom. The first-order valence-electron chi connectivity index (χ1n) is 5.30. The van der Waals surface area contributed by atoms with E-state index in [1.54, 1.807) is 31.2 Å². The van der Waals surface area contributed by atoms with Crippen LogP contribution in [0.4, 0.5) is 0 Å². The van der Waals surface area contributed by atoms with Gasteiger partial charge in [-0.1, -0.05) is 23.2 Å². The van der Waals surface area contributed by atoms with E-state index in [1.165, 1.54) is 10.9 Å². The number of carbonyl (C=O) groups excluding carboxylic acids is 1. The third kappa shape index (κ3) is 2.49. The lowest BCUT2D eigenvalue weighted by Crippen LogP contribution is -2.12. The summed E-state index contributed by atoms with van der Waals surface area (Å²) >= 11 is 11.9. The van der Waals surface area contributed by atoms with E-state index in [1.807, 2.05) is 0 Å². The largest absolute Gasteiger partial charge is 0.461 e. The molecule has 0 fully saturated rings. The molecular formula is C12H10Cl2N2O2. The minimum Gasteiger partial charge on any atom is -0.461 e. The quantitative estimate of drug-likeness (QED) is 0.812. The minimum absolute atomic E-state index is 0.304. The molecule has 0 bridgehead atoms. The molecule has 2 aromatic rings. The maximum Gasteiger partial charge on any atom is 0.357 e. The molecule has 4 nitrogen and oxygen atoms in total. The molecule has 0 saturated carbocycles. The smallest absolute Gasteiger partial charge is 0.357 e. The van der Waals surface area contributed by atoms with Gasteiger partial charge in [-0.05, 0) is 31.2 Å². The number of hydrogen-bond donors (Lipinski definition) is 0. The Labute approximate surface area is 114 Å². The molecule has 0 aliphatic heterocycles. The molecule has 0 N–H and O–H groups in total. The lowest BCUT2D eigenvalue weighted by Gasteiger charge is -2.08. The maximum absolute atomic E-state index is 11.7. The molecule has 0 aliphatic rings. The molecule has 94 valence electrons. The Morgan fingerprint density at radius 2 is 2.17 bits per heavy atom. The van der Waals surface area contributed by atoms with Gasteiger partial charge in [0.2, 0.25) is 0 Å². The van der Waals surface area contributed by atoms with Crippen LogP contribution >= 0.6 is 23.2 Å². The summed E-state index contributed by atoms with van der Waals surface area (Å²) in [5.74, 6) is -0.444. The van der Waals surface area contributed by atoms with Crippen molar-refractivity contribution >= 4 is 29.2 Å². The minimum atomic E-state index is -0.444. The third-order valence-corrected chi connectivity index (χ3v) is 2.80. The highest BCUT2D eigenvalue weighted by Crippen LogP contribution is 2.25. The number of carbonyl (C=O) groups is 1. The number of halogens is 2. The fourth-order valence-corrected chi connectivity index (χ4v) is 2.00. The van der Waals surface area contributed by atoms with Gasteiger partial charge < -0.3 is 4.74 Å². The van der Waals surface area contributed by atoms with E-state index in [0.29, 0.717) is 28.0 Å². The molecule has 1 aromatic heterocycles. The number of ether oxygens (including phenoxy) is 1. The van der Waals surface area contributed by atoms with Crippen LogP contribution in [0.5, 0.6) is 0 Å². The normalized spacial score (nSPS) is 10.4.